The first-order chi connectivity index (χ1) is 9.09. The summed E-state index contributed by atoms with van der Waals surface area (Å²) in [6.45, 7) is 4.95. The van der Waals surface area contributed by atoms with Gasteiger partial charge in [-0.1, -0.05) is 38.1 Å². The number of amides is 1. The van der Waals surface area contributed by atoms with Crippen molar-refractivity contribution in [2.45, 2.75) is 32.2 Å². The zero-order chi connectivity index (χ0) is 13.5. The summed E-state index contributed by atoms with van der Waals surface area (Å²) < 4.78 is 0. The largest absolute Gasteiger partial charge is 0.341 e. The summed E-state index contributed by atoms with van der Waals surface area (Å²) in [5.41, 5.74) is 2.00. The van der Waals surface area contributed by atoms with Crippen molar-refractivity contribution in [2.75, 3.05) is 6.54 Å². The van der Waals surface area contributed by atoms with Gasteiger partial charge in [-0.25, -0.2) is 0 Å². The molecule has 0 aromatic heterocycles. The Kier molecular flexibility index (Phi) is 2.81. The van der Waals surface area contributed by atoms with E-state index in [4.69, 9.17) is 0 Å². The van der Waals surface area contributed by atoms with Gasteiger partial charge in [0, 0.05) is 19.4 Å². The zero-order valence-electron chi connectivity index (χ0n) is 11.4. The first-order valence-electron chi connectivity index (χ1n) is 6.80. The molecule has 2 N–H and O–H groups in total. The molecule has 100 valence electrons. The van der Waals surface area contributed by atoms with Crippen molar-refractivity contribution in [2.24, 2.45) is 10.9 Å². The van der Waals surface area contributed by atoms with E-state index in [0.717, 1.165) is 19.4 Å². The Morgan fingerprint density at radius 2 is 1.89 bits per heavy atom. The molecule has 4 heteroatoms. The Labute approximate surface area is 113 Å². The van der Waals surface area contributed by atoms with Crippen LogP contribution in [-0.2, 0) is 17.6 Å². The zero-order valence-corrected chi connectivity index (χ0v) is 11.4. The fourth-order valence-corrected chi connectivity index (χ4v) is 2.76. The number of carbonyl (C=O) groups is 1. The molecule has 0 bridgehead atoms. The second-order valence-electron chi connectivity index (χ2n) is 5.87. The predicted molar refractivity (Wildman–Crippen MR) is 75.0 cm³/mol. The summed E-state index contributed by atoms with van der Waals surface area (Å²) in [6, 6.07) is 8.25. The molecule has 2 aliphatic rings. The fraction of sp³-hybridized carbons (Fsp3) is 0.467. The first kappa shape index (κ1) is 12.2. The third-order valence-corrected chi connectivity index (χ3v) is 3.74. The third kappa shape index (κ3) is 2.11. The molecule has 1 amide bonds. The normalized spacial score (nSPS) is 21.8. The lowest BCUT2D eigenvalue weighted by Crippen LogP contribution is -2.47. The Hall–Kier alpha value is -1.84. The Morgan fingerprint density at radius 1 is 1.26 bits per heavy atom. The molecule has 1 saturated heterocycles. The summed E-state index contributed by atoms with van der Waals surface area (Å²) in [4.78, 5) is 16.7. The number of fused-ring (bicyclic) bond motifs is 1. The number of nitrogens with zero attached hydrogens (tertiary/aromatic N) is 1. The van der Waals surface area contributed by atoms with Crippen molar-refractivity contribution in [1.82, 2.24) is 10.6 Å². The number of hydrogen-bond acceptors (Lipinski definition) is 2. The maximum Gasteiger partial charge on any atom is 0.253 e. The van der Waals surface area contributed by atoms with E-state index in [2.05, 4.69) is 41.6 Å². The fourth-order valence-electron chi connectivity index (χ4n) is 2.76. The van der Waals surface area contributed by atoms with Crippen LogP contribution in [0.2, 0.25) is 0 Å². The number of hydrogen-bond donors (Lipinski definition) is 2. The van der Waals surface area contributed by atoms with E-state index < -0.39 is 5.54 Å². The van der Waals surface area contributed by atoms with E-state index >= 15 is 0 Å². The minimum Gasteiger partial charge on any atom is -0.341 e. The molecule has 3 rings (SSSR count). The van der Waals surface area contributed by atoms with E-state index in [1.807, 2.05) is 12.1 Å². The smallest absolute Gasteiger partial charge is 0.253 e. The quantitative estimate of drug-likeness (QED) is 0.838. The van der Waals surface area contributed by atoms with Crippen molar-refractivity contribution in [1.29, 1.82) is 0 Å². The molecule has 0 saturated carbocycles. The Balaban J connectivity index is 1.81. The lowest BCUT2D eigenvalue weighted by molar-refractivity contribution is -0.123. The summed E-state index contributed by atoms with van der Waals surface area (Å²) in [5, 5.41) is 6.18. The van der Waals surface area contributed by atoms with Gasteiger partial charge in [0.25, 0.3) is 5.91 Å². The maximum absolute atomic E-state index is 12.3. The SMILES string of the molecule is CC(C)CN=C1NC(=O)C2(Cc3ccccc3C2)N1. The van der Waals surface area contributed by atoms with Gasteiger partial charge in [-0.2, -0.15) is 0 Å². The number of carbonyl (C=O) groups excluding carboxylic acids is 1. The van der Waals surface area contributed by atoms with E-state index in [1.165, 1.54) is 11.1 Å². The van der Waals surface area contributed by atoms with Gasteiger partial charge in [0.05, 0.1) is 0 Å². The molecule has 1 aliphatic carbocycles. The molecule has 4 nitrogen and oxygen atoms in total. The van der Waals surface area contributed by atoms with Crippen molar-refractivity contribution < 1.29 is 4.79 Å². The topological polar surface area (TPSA) is 53.5 Å². The molecule has 1 spiro atoms. The number of aliphatic imine (C=N–C) groups is 1. The van der Waals surface area contributed by atoms with Crippen LogP contribution in [0.15, 0.2) is 29.3 Å². The Bertz CT molecular complexity index is 523. The molecule has 1 heterocycles. The van der Waals surface area contributed by atoms with Crippen molar-refractivity contribution in [3.8, 4) is 0 Å². The van der Waals surface area contributed by atoms with Crippen LogP contribution in [0.1, 0.15) is 25.0 Å². The molecule has 0 atom stereocenters. The molecule has 0 unspecified atom stereocenters. The van der Waals surface area contributed by atoms with Gasteiger partial charge in [0.1, 0.15) is 5.54 Å². The summed E-state index contributed by atoms with van der Waals surface area (Å²) >= 11 is 0. The second kappa shape index (κ2) is 4.37. The molecular weight excluding hydrogens is 238 g/mol. The van der Waals surface area contributed by atoms with Gasteiger partial charge in [0.15, 0.2) is 5.96 Å². The molecule has 0 radical (unpaired) electrons. The van der Waals surface area contributed by atoms with Gasteiger partial charge < -0.3 is 5.32 Å². The standard InChI is InChI=1S/C15H19N3O/c1-10(2)9-16-14-17-13(19)15(18-14)7-11-5-3-4-6-12(11)8-15/h3-6,10H,7-9H2,1-2H3,(H2,16,17,18,19). The third-order valence-electron chi connectivity index (χ3n) is 3.74. The summed E-state index contributed by atoms with van der Waals surface area (Å²) in [5.74, 6) is 1.17. The molecule has 1 fully saturated rings. The van der Waals surface area contributed by atoms with Crippen LogP contribution in [0, 0.1) is 5.92 Å². The highest BCUT2D eigenvalue weighted by atomic mass is 16.2. The van der Waals surface area contributed by atoms with Crippen LogP contribution in [-0.4, -0.2) is 24.0 Å². The first-order valence-corrected chi connectivity index (χ1v) is 6.80. The molecule has 1 aromatic carbocycles. The van der Waals surface area contributed by atoms with Crippen molar-refractivity contribution in [3.05, 3.63) is 35.4 Å². The molecule has 19 heavy (non-hydrogen) atoms. The number of nitrogens with one attached hydrogen (secondary N) is 2. The lowest BCUT2D eigenvalue weighted by Gasteiger charge is -2.19. The van der Waals surface area contributed by atoms with Crippen LogP contribution in [0.25, 0.3) is 0 Å². The minimum absolute atomic E-state index is 0.0474. The molecule has 1 aromatic rings. The predicted octanol–water partition coefficient (Wildman–Crippen LogP) is 1.26. The number of benzene rings is 1. The lowest BCUT2D eigenvalue weighted by atomic mass is 9.96. The van der Waals surface area contributed by atoms with Gasteiger partial charge in [-0.05, 0) is 17.0 Å². The van der Waals surface area contributed by atoms with Crippen LogP contribution >= 0.6 is 0 Å². The average Bonchev–Trinajstić information content (AvgIpc) is 2.88. The maximum atomic E-state index is 12.3. The molecular formula is C15H19N3O. The van der Waals surface area contributed by atoms with E-state index in [9.17, 15) is 4.79 Å². The van der Waals surface area contributed by atoms with Crippen LogP contribution in [0.3, 0.4) is 0 Å². The second-order valence-corrected chi connectivity index (χ2v) is 5.87. The van der Waals surface area contributed by atoms with E-state index in [-0.39, 0.29) is 5.91 Å². The van der Waals surface area contributed by atoms with Crippen LogP contribution in [0.4, 0.5) is 0 Å². The number of rotatable bonds is 2. The van der Waals surface area contributed by atoms with Crippen molar-refractivity contribution in [3.63, 3.8) is 0 Å². The monoisotopic (exact) mass is 257 g/mol. The molecule has 1 aliphatic heterocycles. The summed E-state index contributed by atoms with van der Waals surface area (Å²) in [6.07, 6.45) is 1.49. The number of guanidine groups is 1. The van der Waals surface area contributed by atoms with Gasteiger partial charge in [0.2, 0.25) is 0 Å². The average molecular weight is 257 g/mol. The van der Waals surface area contributed by atoms with E-state index in [1.54, 1.807) is 0 Å². The van der Waals surface area contributed by atoms with Crippen molar-refractivity contribution >= 4 is 11.9 Å². The van der Waals surface area contributed by atoms with E-state index in [0.29, 0.717) is 11.9 Å². The van der Waals surface area contributed by atoms with Gasteiger partial charge >= 0.3 is 0 Å². The van der Waals surface area contributed by atoms with Gasteiger partial charge in [-0.3, -0.25) is 15.1 Å². The Morgan fingerprint density at radius 3 is 2.47 bits per heavy atom. The minimum atomic E-state index is -0.514. The highest BCUT2D eigenvalue weighted by Crippen LogP contribution is 2.31. The van der Waals surface area contributed by atoms with Crippen LogP contribution in [0.5, 0.6) is 0 Å². The van der Waals surface area contributed by atoms with Gasteiger partial charge in [-0.15, -0.1) is 0 Å². The highest BCUT2D eigenvalue weighted by molar-refractivity contribution is 6.09. The van der Waals surface area contributed by atoms with Crippen LogP contribution < -0.4 is 10.6 Å². The summed E-state index contributed by atoms with van der Waals surface area (Å²) in [7, 11) is 0. The highest BCUT2D eigenvalue weighted by Gasteiger charge is 2.48.